The zero-order chi connectivity index (χ0) is 17.7. The van der Waals surface area contributed by atoms with Gasteiger partial charge in [0.05, 0.1) is 0 Å². The maximum Gasteiger partial charge on any atom is 0.328 e. The molecule has 0 aliphatic carbocycles. The largest absolute Gasteiger partial charge is 0.480 e. The van der Waals surface area contributed by atoms with Gasteiger partial charge in [-0.1, -0.05) is 18.2 Å². The Morgan fingerprint density at radius 1 is 1.24 bits per heavy atom. The molecule has 2 unspecified atom stereocenters. The third-order valence-electron chi connectivity index (χ3n) is 4.74. The molecule has 0 spiro atoms. The van der Waals surface area contributed by atoms with Gasteiger partial charge in [-0.15, -0.1) is 0 Å². The minimum atomic E-state index is -1.22. The molecular weight excluding hydrogens is 326 g/mol. The number of imide groups is 1. The van der Waals surface area contributed by atoms with Crippen molar-refractivity contribution in [2.45, 2.75) is 12.2 Å². The fourth-order valence-corrected chi connectivity index (χ4v) is 3.57. The molecule has 0 radical (unpaired) electrons. The first-order valence-corrected chi connectivity index (χ1v) is 7.96. The van der Waals surface area contributed by atoms with E-state index in [0.717, 1.165) is 10.6 Å². The molecule has 2 atom stereocenters. The molecule has 2 saturated heterocycles. The van der Waals surface area contributed by atoms with Crippen LogP contribution in [-0.2, 0) is 9.59 Å². The number of carboxylic acid groups (broad SMARTS) is 1. The van der Waals surface area contributed by atoms with Crippen LogP contribution in [0.25, 0.3) is 0 Å². The topological polar surface area (TPSA) is 96.8 Å². The van der Waals surface area contributed by atoms with Gasteiger partial charge in [0.15, 0.2) is 12.2 Å². The summed E-state index contributed by atoms with van der Waals surface area (Å²) in [7, 11) is 1.54. The van der Waals surface area contributed by atoms with Crippen LogP contribution in [-0.4, -0.2) is 82.6 Å². The highest BCUT2D eigenvalue weighted by atomic mass is 16.4. The summed E-state index contributed by atoms with van der Waals surface area (Å²) in [5.41, 5.74) is 0.964. The molecule has 130 valence electrons. The number of fused-ring (bicyclic) bond motifs is 3. The van der Waals surface area contributed by atoms with Crippen molar-refractivity contribution < 1.29 is 19.5 Å². The number of amides is 3. The minimum absolute atomic E-state index is 0.510. The average molecular weight is 343 g/mol. The SMILES string of the molecule is CN1C(=O)N(CC(=O)O)C(=O)C2C1N=C1N(c3ccccc3)CCN12. The molecule has 0 saturated carbocycles. The summed E-state index contributed by atoms with van der Waals surface area (Å²) in [6, 6.07) is 8.39. The lowest BCUT2D eigenvalue weighted by Gasteiger charge is -2.39. The Hall–Kier alpha value is -3.10. The molecule has 3 amide bonds. The van der Waals surface area contributed by atoms with Crippen LogP contribution in [0.2, 0.25) is 0 Å². The van der Waals surface area contributed by atoms with Crippen LogP contribution < -0.4 is 4.90 Å². The van der Waals surface area contributed by atoms with Gasteiger partial charge in [0, 0.05) is 25.8 Å². The highest BCUT2D eigenvalue weighted by molar-refractivity contribution is 6.08. The predicted molar refractivity (Wildman–Crippen MR) is 88.0 cm³/mol. The number of carboxylic acids is 1. The Labute approximate surface area is 143 Å². The lowest BCUT2D eigenvalue weighted by atomic mass is 10.1. The van der Waals surface area contributed by atoms with E-state index >= 15 is 0 Å². The maximum atomic E-state index is 12.8. The Morgan fingerprint density at radius 2 is 1.96 bits per heavy atom. The molecule has 1 N–H and O–H groups in total. The number of para-hydroxylation sites is 1. The minimum Gasteiger partial charge on any atom is -0.480 e. The number of anilines is 1. The van der Waals surface area contributed by atoms with Gasteiger partial charge in [-0.2, -0.15) is 0 Å². The van der Waals surface area contributed by atoms with Gasteiger partial charge < -0.3 is 19.8 Å². The zero-order valence-corrected chi connectivity index (χ0v) is 13.6. The van der Waals surface area contributed by atoms with Gasteiger partial charge in [0.25, 0.3) is 5.91 Å². The molecule has 3 aliphatic rings. The van der Waals surface area contributed by atoms with Crippen LogP contribution in [0.15, 0.2) is 35.3 Å². The van der Waals surface area contributed by atoms with Crippen molar-refractivity contribution >= 4 is 29.6 Å². The van der Waals surface area contributed by atoms with E-state index in [1.54, 1.807) is 7.05 Å². The van der Waals surface area contributed by atoms with Crippen LogP contribution in [0.4, 0.5) is 10.5 Å². The van der Waals surface area contributed by atoms with Crippen LogP contribution in [0.3, 0.4) is 0 Å². The second-order valence-corrected chi connectivity index (χ2v) is 6.18. The van der Waals surface area contributed by atoms with Gasteiger partial charge in [-0.25, -0.2) is 9.79 Å². The average Bonchev–Trinajstić information content (AvgIpc) is 3.16. The monoisotopic (exact) mass is 343 g/mol. The van der Waals surface area contributed by atoms with E-state index in [0.29, 0.717) is 19.0 Å². The fourth-order valence-electron chi connectivity index (χ4n) is 3.57. The van der Waals surface area contributed by atoms with E-state index in [1.807, 2.05) is 40.1 Å². The first kappa shape index (κ1) is 15.4. The summed E-state index contributed by atoms with van der Waals surface area (Å²) in [6.07, 6.45) is -0.633. The number of urea groups is 1. The number of hydrogen-bond donors (Lipinski definition) is 1. The Morgan fingerprint density at radius 3 is 2.64 bits per heavy atom. The number of rotatable bonds is 3. The second-order valence-electron chi connectivity index (χ2n) is 6.18. The van der Waals surface area contributed by atoms with Gasteiger partial charge in [0.1, 0.15) is 6.54 Å². The van der Waals surface area contributed by atoms with Crippen LogP contribution in [0.1, 0.15) is 0 Å². The molecule has 9 heteroatoms. The number of carbonyl (C=O) groups is 3. The summed E-state index contributed by atoms with van der Waals surface area (Å²) < 4.78 is 0. The Balaban J connectivity index is 1.67. The van der Waals surface area contributed by atoms with Crippen molar-refractivity contribution in [2.24, 2.45) is 4.99 Å². The van der Waals surface area contributed by atoms with Gasteiger partial charge >= 0.3 is 12.0 Å². The maximum absolute atomic E-state index is 12.8. The highest BCUT2D eigenvalue weighted by Crippen LogP contribution is 2.33. The van der Waals surface area contributed by atoms with Gasteiger partial charge in [-0.3, -0.25) is 14.5 Å². The van der Waals surface area contributed by atoms with Crippen molar-refractivity contribution in [1.82, 2.24) is 14.7 Å². The van der Waals surface area contributed by atoms with E-state index in [9.17, 15) is 14.4 Å². The van der Waals surface area contributed by atoms with Gasteiger partial charge in [0.2, 0.25) is 5.96 Å². The molecule has 1 aromatic carbocycles. The zero-order valence-electron chi connectivity index (χ0n) is 13.6. The van der Waals surface area contributed by atoms with E-state index in [4.69, 9.17) is 5.11 Å². The van der Waals surface area contributed by atoms with E-state index in [1.165, 1.54) is 4.90 Å². The van der Waals surface area contributed by atoms with Crippen LogP contribution >= 0.6 is 0 Å². The number of hydrogen-bond acceptors (Lipinski definition) is 6. The molecule has 3 heterocycles. The summed E-state index contributed by atoms with van der Waals surface area (Å²) in [4.78, 5) is 46.7. The predicted octanol–water partition coefficient (Wildman–Crippen LogP) is -0.148. The Kier molecular flexibility index (Phi) is 3.38. The lowest BCUT2D eigenvalue weighted by Crippen LogP contribution is -2.65. The van der Waals surface area contributed by atoms with Crippen molar-refractivity contribution in [3.63, 3.8) is 0 Å². The molecule has 0 bridgehead atoms. The molecule has 4 rings (SSSR count). The van der Waals surface area contributed by atoms with E-state index < -0.39 is 36.7 Å². The number of guanidine groups is 1. The highest BCUT2D eigenvalue weighted by Gasteiger charge is 2.54. The van der Waals surface area contributed by atoms with Crippen molar-refractivity contribution in [3.8, 4) is 0 Å². The number of aliphatic imine (C=N–C) groups is 1. The third kappa shape index (κ3) is 2.23. The summed E-state index contributed by atoms with van der Waals surface area (Å²) in [5, 5.41) is 8.99. The summed E-state index contributed by atoms with van der Waals surface area (Å²) >= 11 is 0. The molecule has 3 aliphatic heterocycles. The first-order chi connectivity index (χ1) is 12.0. The van der Waals surface area contributed by atoms with Crippen molar-refractivity contribution in [1.29, 1.82) is 0 Å². The van der Waals surface area contributed by atoms with Crippen molar-refractivity contribution in [2.75, 3.05) is 31.6 Å². The number of aliphatic carboxylic acids is 1. The molecule has 0 aromatic heterocycles. The molecule has 9 nitrogen and oxygen atoms in total. The molecular formula is C16H17N5O4. The third-order valence-corrected chi connectivity index (χ3v) is 4.74. The summed E-state index contributed by atoms with van der Waals surface area (Å²) in [6.45, 7) is 0.621. The smallest absolute Gasteiger partial charge is 0.328 e. The normalized spacial score (nSPS) is 25.2. The molecule has 2 fully saturated rings. The standard InChI is InChI=1S/C16H17N5O4/c1-18-13-12(14(24)21(16(18)25)9-11(22)23)20-8-7-19(15(20)17-13)10-5-3-2-4-6-10/h2-6,12-13H,7-9H2,1H3,(H,22,23). The van der Waals surface area contributed by atoms with Gasteiger partial charge in [-0.05, 0) is 12.1 Å². The quantitative estimate of drug-likeness (QED) is 0.820. The molecule has 25 heavy (non-hydrogen) atoms. The van der Waals surface area contributed by atoms with E-state index in [-0.39, 0.29) is 0 Å². The number of nitrogens with zero attached hydrogens (tertiary/aromatic N) is 5. The van der Waals surface area contributed by atoms with Crippen LogP contribution in [0.5, 0.6) is 0 Å². The van der Waals surface area contributed by atoms with Crippen molar-refractivity contribution in [3.05, 3.63) is 30.3 Å². The summed E-state index contributed by atoms with van der Waals surface area (Å²) in [5.74, 6) is -1.09. The lowest BCUT2D eigenvalue weighted by molar-refractivity contribution is -0.146. The second kappa shape index (κ2) is 5.47. The number of likely N-dealkylation sites (N-methyl/N-ethyl adjacent to an activating group) is 1. The Bertz CT molecular complexity index is 780. The number of carbonyl (C=O) groups excluding carboxylic acids is 2. The first-order valence-electron chi connectivity index (χ1n) is 7.96. The van der Waals surface area contributed by atoms with Crippen LogP contribution in [0, 0.1) is 0 Å². The molecule has 1 aromatic rings. The fraction of sp³-hybridized carbons (Fsp3) is 0.375. The van der Waals surface area contributed by atoms with E-state index in [2.05, 4.69) is 4.99 Å². The number of benzene rings is 1.